The molecule has 5 rings (SSSR count). The zero-order chi connectivity index (χ0) is 22.8. The Morgan fingerprint density at radius 3 is 2.56 bits per heavy atom. The van der Waals surface area contributed by atoms with Crippen molar-refractivity contribution in [3.8, 4) is 0 Å². The Labute approximate surface area is 183 Å². The first kappa shape index (κ1) is 20.0. The number of carbonyl (C=O) groups excluding carboxylic acids is 3. The van der Waals surface area contributed by atoms with Crippen LogP contribution in [0.3, 0.4) is 0 Å². The number of imide groups is 1. The van der Waals surface area contributed by atoms with Gasteiger partial charge in [0.2, 0.25) is 5.91 Å². The highest BCUT2D eigenvalue weighted by Crippen LogP contribution is 2.38. The SMILES string of the molecule is Cc1cc(C)c2[nH]c(=O)n(CC(=O)Nc3ccc4c(c3)C[C@]3(C4)C(=O)NC(=O)N3C)c2c1. The lowest BCUT2D eigenvalue weighted by Gasteiger charge is -2.27. The van der Waals surface area contributed by atoms with Crippen molar-refractivity contribution in [3.63, 3.8) is 0 Å². The number of fused-ring (bicyclic) bond motifs is 2. The highest BCUT2D eigenvalue weighted by atomic mass is 16.2. The van der Waals surface area contributed by atoms with Gasteiger partial charge in [-0.1, -0.05) is 12.1 Å². The van der Waals surface area contributed by atoms with Gasteiger partial charge in [0.25, 0.3) is 5.91 Å². The number of nitrogens with zero attached hydrogens (tertiary/aromatic N) is 2. The van der Waals surface area contributed by atoms with Crippen LogP contribution in [0.4, 0.5) is 10.5 Å². The predicted molar refractivity (Wildman–Crippen MR) is 119 cm³/mol. The summed E-state index contributed by atoms with van der Waals surface area (Å²) >= 11 is 0. The molecule has 0 bridgehead atoms. The molecule has 4 amide bonds. The second-order valence-electron chi connectivity index (χ2n) is 8.73. The van der Waals surface area contributed by atoms with Gasteiger partial charge in [-0.25, -0.2) is 9.59 Å². The summed E-state index contributed by atoms with van der Waals surface area (Å²) in [5.41, 5.74) is 4.60. The van der Waals surface area contributed by atoms with Gasteiger partial charge in [0, 0.05) is 25.6 Å². The number of aryl methyl sites for hydroxylation is 2. The van der Waals surface area contributed by atoms with E-state index in [2.05, 4.69) is 15.6 Å². The maximum absolute atomic E-state index is 12.7. The Hall–Kier alpha value is -3.88. The van der Waals surface area contributed by atoms with E-state index >= 15 is 0 Å². The van der Waals surface area contributed by atoms with E-state index in [1.165, 1.54) is 9.47 Å². The van der Waals surface area contributed by atoms with Crippen LogP contribution in [-0.2, 0) is 29.0 Å². The predicted octanol–water partition coefficient (Wildman–Crippen LogP) is 1.60. The minimum absolute atomic E-state index is 0.123. The summed E-state index contributed by atoms with van der Waals surface area (Å²) in [6.07, 6.45) is 0.828. The number of nitrogens with one attached hydrogen (secondary N) is 3. The summed E-state index contributed by atoms with van der Waals surface area (Å²) in [5.74, 6) is -0.623. The molecule has 1 saturated heterocycles. The molecule has 1 aliphatic carbocycles. The van der Waals surface area contributed by atoms with E-state index in [0.717, 1.165) is 27.8 Å². The number of benzene rings is 2. The maximum atomic E-state index is 12.7. The number of rotatable bonds is 3. The normalized spacial score (nSPS) is 19.7. The molecule has 164 valence electrons. The first-order valence-electron chi connectivity index (χ1n) is 10.4. The Morgan fingerprint density at radius 2 is 1.84 bits per heavy atom. The van der Waals surface area contributed by atoms with Crippen LogP contribution in [0, 0.1) is 13.8 Å². The molecule has 9 heteroatoms. The van der Waals surface area contributed by atoms with E-state index in [-0.39, 0.29) is 24.0 Å². The summed E-state index contributed by atoms with van der Waals surface area (Å²) in [5, 5.41) is 5.22. The van der Waals surface area contributed by atoms with Gasteiger partial charge in [0.15, 0.2) is 0 Å². The van der Waals surface area contributed by atoms with Gasteiger partial charge in [0.05, 0.1) is 11.0 Å². The van der Waals surface area contributed by atoms with Gasteiger partial charge in [-0.3, -0.25) is 19.5 Å². The molecule has 0 unspecified atom stereocenters. The van der Waals surface area contributed by atoms with E-state index in [1.54, 1.807) is 13.1 Å². The average molecular weight is 433 g/mol. The number of likely N-dealkylation sites (N-methyl/N-ethyl adjacent to an activating group) is 1. The molecule has 3 N–H and O–H groups in total. The molecule has 2 heterocycles. The molecule has 3 aromatic rings. The number of urea groups is 1. The van der Waals surface area contributed by atoms with E-state index < -0.39 is 11.6 Å². The van der Waals surface area contributed by atoms with E-state index in [9.17, 15) is 19.2 Å². The summed E-state index contributed by atoms with van der Waals surface area (Å²) in [6, 6.07) is 8.94. The topological polar surface area (TPSA) is 116 Å². The van der Waals surface area contributed by atoms with Crippen LogP contribution < -0.4 is 16.3 Å². The van der Waals surface area contributed by atoms with Gasteiger partial charge >= 0.3 is 11.7 Å². The van der Waals surface area contributed by atoms with Gasteiger partial charge in [-0.2, -0.15) is 0 Å². The van der Waals surface area contributed by atoms with Crippen molar-refractivity contribution in [3.05, 3.63) is 63.1 Å². The second kappa shape index (κ2) is 6.81. The summed E-state index contributed by atoms with van der Waals surface area (Å²) in [4.78, 5) is 53.8. The molecule has 0 radical (unpaired) electrons. The lowest BCUT2D eigenvalue weighted by atomic mass is 9.95. The van der Waals surface area contributed by atoms with E-state index in [4.69, 9.17) is 0 Å². The third-order valence-electron chi connectivity index (χ3n) is 6.57. The standard InChI is InChI=1S/C23H23N5O4/c1-12-6-13(2)19-17(7-12)28(22(32)25-19)11-18(29)24-16-5-4-14-9-23(10-15(14)8-16)20(30)26-21(31)27(23)3/h4-8H,9-11H2,1-3H3,(H,24,29)(H,25,32)(H,26,30,31)/t23-/m1/s1. The zero-order valence-electron chi connectivity index (χ0n) is 18.0. The van der Waals surface area contributed by atoms with Gasteiger partial charge in [0.1, 0.15) is 12.1 Å². The van der Waals surface area contributed by atoms with E-state index in [0.29, 0.717) is 24.0 Å². The van der Waals surface area contributed by atoms with Crippen LogP contribution in [0.25, 0.3) is 11.0 Å². The number of aromatic amines is 1. The van der Waals surface area contributed by atoms with Crippen molar-refractivity contribution in [2.75, 3.05) is 12.4 Å². The lowest BCUT2D eigenvalue weighted by Crippen LogP contribution is -2.48. The van der Waals surface area contributed by atoms with Gasteiger partial charge in [-0.15, -0.1) is 0 Å². The molecule has 1 spiro atoms. The van der Waals surface area contributed by atoms with Crippen LogP contribution >= 0.6 is 0 Å². The summed E-state index contributed by atoms with van der Waals surface area (Å²) in [7, 11) is 1.62. The van der Waals surface area contributed by atoms with Crippen molar-refractivity contribution in [1.82, 2.24) is 19.8 Å². The van der Waals surface area contributed by atoms with Crippen LogP contribution in [0.15, 0.2) is 35.1 Å². The van der Waals surface area contributed by atoms with Crippen LogP contribution in [0.1, 0.15) is 22.3 Å². The molecule has 32 heavy (non-hydrogen) atoms. The fourth-order valence-corrected chi connectivity index (χ4v) is 4.88. The number of carbonyl (C=O) groups is 3. The second-order valence-corrected chi connectivity index (χ2v) is 8.73. The van der Waals surface area contributed by atoms with Gasteiger partial charge < -0.3 is 15.2 Å². The minimum Gasteiger partial charge on any atom is -0.325 e. The fourth-order valence-electron chi connectivity index (χ4n) is 4.88. The number of aromatic nitrogens is 2. The Balaban J connectivity index is 1.37. The van der Waals surface area contributed by atoms with Crippen molar-refractivity contribution in [2.45, 2.75) is 38.8 Å². The Morgan fingerprint density at radius 1 is 1.09 bits per heavy atom. The monoisotopic (exact) mass is 433 g/mol. The van der Waals surface area contributed by atoms with Crippen LogP contribution in [0.2, 0.25) is 0 Å². The molecule has 9 nitrogen and oxygen atoms in total. The van der Waals surface area contributed by atoms with Crippen molar-refractivity contribution >= 4 is 34.6 Å². The third-order valence-corrected chi connectivity index (χ3v) is 6.57. The Kier molecular flexibility index (Phi) is 4.27. The molecule has 0 saturated carbocycles. The number of hydrogen-bond acceptors (Lipinski definition) is 4. The molecule has 1 atom stereocenters. The number of amides is 4. The third kappa shape index (κ3) is 2.92. The largest absolute Gasteiger partial charge is 0.326 e. The first-order chi connectivity index (χ1) is 15.2. The molecular formula is C23H23N5O4. The van der Waals surface area contributed by atoms with Crippen LogP contribution in [-0.4, -0.2) is 44.9 Å². The number of anilines is 1. The lowest BCUT2D eigenvalue weighted by molar-refractivity contribution is -0.125. The average Bonchev–Trinajstić information content (AvgIpc) is 3.32. The molecule has 1 fully saturated rings. The molecule has 2 aromatic carbocycles. The number of hydrogen-bond donors (Lipinski definition) is 3. The Bertz CT molecular complexity index is 1390. The number of imidazole rings is 1. The highest BCUT2D eigenvalue weighted by Gasteiger charge is 2.54. The van der Waals surface area contributed by atoms with Gasteiger partial charge in [-0.05, 0) is 54.3 Å². The van der Waals surface area contributed by atoms with Crippen molar-refractivity contribution in [1.29, 1.82) is 0 Å². The minimum atomic E-state index is -0.908. The summed E-state index contributed by atoms with van der Waals surface area (Å²) in [6.45, 7) is 3.74. The maximum Gasteiger partial charge on any atom is 0.326 e. The number of H-pyrrole nitrogens is 1. The molecule has 2 aliphatic rings. The smallest absolute Gasteiger partial charge is 0.325 e. The molecule has 1 aliphatic heterocycles. The summed E-state index contributed by atoms with van der Waals surface area (Å²) < 4.78 is 1.43. The zero-order valence-corrected chi connectivity index (χ0v) is 18.0. The molecular weight excluding hydrogens is 410 g/mol. The highest BCUT2D eigenvalue weighted by molar-refractivity contribution is 6.07. The van der Waals surface area contributed by atoms with Crippen LogP contribution in [0.5, 0.6) is 0 Å². The van der Waals surface area contributed by atoms with Crippen molar-refractivity contribution < 1.29 is 14.4 Å². The van der Waals surface area contributed by atoms with E-state index in [1.807, 2.05) is 38.1 Å². The van der Waals surface area contributed by atoms with Crippen molar-refractivity contribution in [2.24, 2.45) is 0 Å². The quantitative estimate of drug-likeness (QED) is 0.544. The fraction of sp³-hybridized carbons (Fsp3) is 0.304. The first-order valence-corrected chi connectivity index (χ1v) is 10.4. The molecule has 1 aromatic heterocycles.